The van der Waals surface area contributed by atoms with Crippen molar-refractivity contribution in [1.29, 1.82) is 0 Å². The molecule has 1 atom stereocenters. The molecule has 1 aliphatic carbocycles. The molecule has 4 heteroatoms. The summed E-state index contributed by atoms with van der Waals surface area (Å²) in [6.07, 6.45) is 6.16. The van der Waals surface area contributed by atoms with E-state index in [4.69, 9.17) is 10.3 Å². The van der Waals surface area contributed by atoms with Crippen LogP contribution in [0.2, 0.25) is 0 Å². The van der Waals surface area contributed by atoms with Crippen molar-refractivity contribution in [3.8, 4) is 0 Å². The van der Waals surface area contributed by atoms with E-state index < -0.39 is 0 Å². The van der Waals surface area contributed by atoms with Crippen molar-refractivity contribution in [2.24, 2.45) is 11.7 Å². The molecule has 0 saturated heterocycles. The third-order valence-corrected chi connectivity index (χ3v) is 4.67. The Morgan fingerprint density at radius 1 is 1.19 bits per heavy atom. The third-order valence-electron chi connectivity index (χ3n) is 4.67. The molecule has 1 aliphatic rings. The molecule has 0 bridgehead atoms. The molecule has 2 aromatic rings. The quantitative estimate of drug-likeness (QED) is 0.928. The van der Waals surface area contributed by atoms with Gasteiger partial charge in [0.2, 0.25) is 5.89 Å². The predicted molar refractivity (Wildman–Crippen MR) is 81.8 cm³/mol. The van der Waals surface area contributed by atoms with Gasteiger partial charge in [-0.25, -0.2) is 0 Å². The van der Waals surface area contributed by atoms with E-state index in [0.29, 0.717) is 11.8 Å². The second-order valence-electron chi connectivity index (χ2n) is 6.01. The molecule has 0 aliphatic heterocycles. The molecule has 0 spiro atoms. The van der Waals surface area contributed by atoms with Crippen LogP contribution >= 0.6 is 0 Å². The summed E-state index contributed by atoms with van der Waals surface area (Å²) in [6.45, 7) is 2.27. The zero-order valence-electron chi connectivity index (χ0n) is 12.5. The van der Waals surface area contributed by atoms with Crippen molar-refractivity contribution in [3.63, 3.8) is 0 Å². The molecule has 0 radical (unpaired) electrons. The van der Waals surface area contributed by atoms with Crippen molar-refractivity contribution in [1.82, 2.24) is 10.1 Å². The summed E-state index contributed by atoms with van der Waals surface area (Å²) in [5.74, 6) is 2.67. The van der Waals surface area contributed by atoms with Gasteiger partial charge in [0, 0.05) is 5.92 Å². The van der Waals surface area contributed by atoms with E-state index in [1.165, 1.54) is 19.3 Å². The second kappa shape index (κ2) is 6.39. The van der Waals surface area contributed by atoms with E-state index in [0.717, 1.165) is 30.1 Å². The Morgan fingerprint density at radius 3 is 2.57 bits per heavy atom. The summed E-state index contributed by atoms with van der Waals surface area (Å²) in [6, 6.07) is 9.56. The molecular formula is C17H23N3O. The van der Waals surface area contributed by atoms with Crippen LogP contribution in [0.25, 0.3) is 0 Å². The number of hydrogen-bond donors (Lipinski definition) is 1. The Morgan fingerprint density at radius 2 is 1.90 bits per heavy atom. The minimum absolute atomic E-state index is 0.334. The van der Waals surface area contributed by atoms with Gasteiger partial charge < -0.3 is 10.3 Å². The Hall–Kier alpha value is -1.68. The van der Waals surface area contributed by atoms with Gasteiger partial charge in [-0.2, -0.15) is 4.98 Å². The van der Waals surface area contributed by atoms with Crippen LogP contribution in [-0.4, -0.2) is 10.1 Å². The van der Waals surface area contributed by atoms with Crippen LogP contribution in [0.15, 0.2) is 34.9 Å². The molecule has 1 fully saturated rings. The topological polar surface area (TPSA) is 64.9 Å². The first kappa shape index (κ1) is 14.3. The molecule has 0 amide bonds. The summed E-state index contributed by atoms with van der Waals surface area (Å²) in [7, 11) is 0. The molecule has 1 aromatic heterocycles. The summed E-state index contributed by atoms with van der Waals surface area (Å²) >= 11 is 0. The highest BCUT2D eigenvalue weighted by Crippen LogP contribution is 2.36. The molecule has 2 N–H and O–H groups in total. The fourth-order valence-corrected chi connectivity index (χ4v) is 3.17. The van der Waals surface area contributed by atoms with Gasteiger partial charge in [0.1, 0.15) is 6.04 Å². The second-order valence-corrected chi connectivity index (χ2v) is 6.01. The fraction of sp³-hybridized carbons (Fsp3) is 0.529. The zero-order chi connectivity index (χ0) is 14.7. The lowest BCUT2D eigenvalue weighted by Crippen LogP contribution is -2.15. The summed E-state index contributed by atoms with van der Waals surface area (Å²) < 4.78 is 5.40. The average Bonchev–Trinajstić information content (AvgIpc) is 3.05. The van der Waals surface area contributed by atoms with Crippen LogP contribution in [0.1, 0.15) is 68.3 Å². The van der Waals surface area contributed by atoms with Crippen LogP contribution in [0.4, 0.5) is 0 Å². The van der Waals surface area contributed by atoms with Crippen molar-refractivity contribution >= 4 is 0 Å². The number of hydrogen-bond acceptors (Lipinski definition) is 4. The lowest BCUT2D eigenvalue weighted by molar-refractivity contribution is 0.302. The van der Waals surface area contributed by atoms with Crippen LogP contribution in [0, 0.1) is 5.92 Å². The lowest BCUT2D eigenvalue weighted by Gasteiger charge is -2.25. The Kier molecular flexibility index (Phi) is 4.34. The minimum atomic E-state index is -0.334. The maximum absolute atomic E-state index is 6.21. The smallest absolute Gasteiger partial charge is 0.248 e. The van der Waals surface area contributed by atoms with Gasteiger partial charge in [0.05, 0.1) is 0 Å². The fourth-order valence-electron chi connectivity index (χ4n) is 3.17. The number of rotatable bonds is 4. The molecule has 4 nitrogen and oxygen atoms in total. The van der Waals surface area contributed by atoms with Gasteiger partial charge in [-0.15, -0.1) is 0 Å². The van der Waals surface area contributed by atoms with E-state index in [1.807, 2.05) is 30.3 Å². The first-order valence-corrected chi connectivity index (χ1v) is 7.92. The first-order valence-electron chi connectivity index (χ1n) is 7.92. The SMILES string of the molecule is CCC1CCC(c2noc([C@@H](N)c3ccccc3)n2)CC1. The maximum Gasteiger partial charge on any atom is 0.248 e. The van der Waals surface area contributed by atoms with Gasteiger partial charge >= 0.3 is 0 Å². The molecular weight excluding hydrogens is 262 g/mol. The summed E-state index contributed by atoms with van der Waals surface area (Å²) in [5.41, 5.74) is 7.21. The Labute approximate surface area is 125 Å². The normalized spacial score (nSPS) is 23.9. The molecule has 1 heterocycles. The monoisotopic (exact) mass is 285 g/mol. The molecule has 1 saturated carbocycles. The van der Waals surface area contributed by atoms with Gasteiger partial charge in [0.25, 0.3) is 0 Å². The van der Waals surface area contributed by atoms with E-state index in [1.54, 1.807) is 0 Å². The third kappa shape index (κ3) is 3.16. The highest BCUT2D eigenvalue weighted by atomic mass is 16.5. The standard InChI is InChI=1S/C17H23N3O/c1-2-12-8-10-14(11-9-12)16-19-17(21-20-16)15(18)13-6-4-3-5-7-13/h3-7,12,14-15H,2,8-11,18H2,1H3/t12?,14?,15-/m0/s1. The number of nitrogens with zero attached hydrogens (tertiary/aromatic N) is 2. The molecule has 3 rings (SSSR count). The van der Waals surface area contributed by atoms with Crippen LogP contribution in [-0.2, 0) is 0 Å². The van der Waals surface area contributed by atoms with Gasteiger partial charge in [-0.1, -0.05) is 48.8 Å². The van der Waals surface area contributed by atoms with Gasteiger partial charge in [0.15, 0.2) is 5.82 Å². The molecule has 21 heavy (non-hydrogen) atoms. The highest BCUT2D eigenvalue weighted by molar-refractivity contribution is 5.23. The van der Waals surface area contributed by atoms with Crippen molar-refractivity contribution in [2.45, 2.75) is 51.0 Å². The summed E-state index contributed by atoms with van der Waals surface area (Å²) in [5, 5.41) is 4.17. The summed E-state index contributed by atoms with van der Waals surface area (Å²) in [4.78, 5) is 4.56. The average molecular weight is 285 g/mol. The molecule has 1 aromatic carbocycles. The predicted octanol–water partition coefficient (Wildman–Crippen LogP) is 3.80. The Bertz CT molecular complexity index is 558. The van der Waals surface area contributed by atoms with Gasteiger partial charge in [-0.3, -0.25) is 0 Å². The van der Waals surface area contributed by atoms with Crippen LogP contribution in [0.5, 0.6) is 0 Å². The maximum atomic E-state index is 6.21. The number of nitrogens with two attached hydrogens (primary N) is 1. The van der Waals surface area contributed by atoms with Crippen LogP contribution < -0.4 is 5.73 Å². The highest BCUT2D eigenvalue weighted by Gasteiger charge is 2.26. The lowest BCUT2D eigenvalue weighted by atomic mass is 9.80. The molecule has 112 valence electrons. The van der Waals surface area contributed by atoms with E-state index >= 15 is 0 Å². The van der Waals surface area contributed by atoms with Crippen molar-refractivity contribution in [2.75, 3.05) is 0 Å². The Balaban J connectivity index is 1.69. The number of benzene rings is 1. The largest absolute Gasteiger partial charge is 0.337 e. The van der Waals surface area contributed by atoms with Crippen molar-refractivity contribution < 1.29 is 4.52 Å². The first-order chi connectivity index (χ1) is 10.3. The molecule has 0 unspecified atom stereocenters. The van der Waals surface area contributed by atoms with Gasteiger partial charge in [-0.05, 0) is 37.2 Å². The minimum Gasteiger partial charge on any atom is -0.337 e. The van der Waals surface area contributed by atoms with E-state index in [-0.39, 0.29) is 6.04 Å². The number of aromatic nitrogens is 2. The van der Waals surface area contributed by atoms with Crippen molar-refractivity contribution in [3.05, 3.63) is 47.6 Å². The van der Waals surface area contributed by atoms with Crippen LogP contribution in [0.3, 0.4) is 0 Å². The van der Waals surface area contributed by atoms with E-state index in [2.05, 4.69) is 17.1 Å². The van der Waals surface area contributed by atoms with E-state index in [9.17, 15) is 0 Å². The zero-order valence-corrected chi connectivity index (χ0v) is 12.5.